The molecule has 9 heteroatoms. The van der Waals surface area contributed by atoms with Gasteiger partial charge in [0.2, 0.25) is 15.9 Å². The van der Waals surface area contributed by atoms with Crippen molar-refractivity contribution in [2.24, 2.45) is 5.73 Å². The molecule has 0 saturated carbocycles. The van der Waals surface area contributed by atoms with Gasteiger partial charge in [0.05, 0.1) is 10.0 Å². The Morgan fingerprint density at radius 3 is 2.11 bits per heavy atom. The minimum Gasteiger partial charge on any atom is -0.368 e. The van der Waals surface area contributed by atoms with E-state index in [2.05, 4.69) is 20.7 Å². The van der Waals surface area contributed by atoms with Crippen LogP contribution in [0, 0.1) is 0 Å². The Bertz CT molecular complexity index is 609. The number of nitrogens with one attached hydrogen (secondary N) is 1. The molecule has 19 heavy (non-hydrogen) atoms. The van der Waals surface area contributed by atoms with E-state index in [0.29, 0.717) is 4.47 Å². The van der Waals surface area contributed by atoms with Crippen molar-refractivity contribution in [2.75, 3.05) is 0 Å². The summed E-state index contributed by atoms with van der Waals surface area (Å²) in [7, 11) is -4.08. The van der Waals surface area contributed by atoms with Crippen molar-refractivity contribution in [2.45, 2.75) is 24.3 Å². The summed E-state index contributed by atoms with van der Waals surface area (Å²) in [6.07, 6.45) is 0. The molecule has 1 amide bonds. The van der Waals surface area contributed by atoms with Crippen molar-refractivity contribution in [3.63, 3.8) is 0 Å². The number of halogens is 3. The van der Waals surface area contributed by atoms with Gasteiger partial charge in [0.15, 0.2) is 0 Å². The largest absolute Gasteiger partial charge is 0.368 e. The molecule has 3 N–H and O–H groups in total. The molecular formula is C10H11BrCl2N2O3S. The molecule has 1 aromatic carbocycles. The average molecular weight is 390 g/mol. The molecule has 0 atom stereocenters. The topological polar surface area (TPSA) is 89.3 Å². The molecule has 106 valence electrons. The highest BCUT2D eigenvalue weighted by molar-refractivity contribution is 9.10. The van der Waals surface area contributed by atoms with Crippen LogP contribution in [0.3, 0.4) is 0 Å². The van der Waals surface area contributed by atoms with E-state index in [9.17, 15) is 13.2 Å². The predicted octanol–water partition coefficient (Wildman–Crippen LogP) is 2.30. The maximum atomic E-state index is 12.2. The highest BCUT2D eigenvalue weighted by atomic mass is 79.9. The summed E-state index contributed by atoms with van der Waals surface area (Å²) in [5.74, 6) is -0.819. The maximum absolute atomic E-state index is 12.2. The van der Waals surface area contributed by atoms with E-state index in [1.807, 2.05) is 0 Å². The Balaban J connectivity index is 3.34. The second-order valence-corrected chi connectivity index (χ2v) is 7.64. The number of carbonyl (C=O) groups is 1. The quantitative estimate of drug-likeness (QED) is 0.827. The Morgan fingerprint density at radius 1 is 1.32 bits per heavy atom. The monoisotopic (exact) mass is 388 g/mol. The lowest BCUT2D eigenvalue weighted by atomic mass is 10.1. The van der Waals surface area contributed by atoms with Gasteiger partial charge in [0.1, 0.15) is 10.4 Å². The molecule has 5 nitrogen and oxygen atoms in total. The molecular weight excluding hydrogens is 379 g/mol. The zero-order valence-corrected chi connectivity index (χ0v) is 13.9. The van der Waals surface area contributed by atoms with Crippen LogP contribution in [0.2, 0.25) is 10.0 Å². The smallest absolute Gasteiger partial charge is 0.244 e. The number of hydrogen-bond acceptors (Lipinski definition) is 3. The van der Waals surface area contributed by atoms with E-state index in [0.717, 1.165) is 0 Å². The molecule has 1 aromatic rings. The summed E-state index contributed by atoms with van der Waals surface area (Å²) in [6.45, 7) is 2.68. The molecule has 0 radical (unpaired) electrons. The first-order valence-electron chi connectivity index (χ1n) is 4.96. The van der Waals surface area contributed by atoms with Crippen LogP contribution in [0.15, 0.2) is 21.5 Å². The fourth-order valence-electron chi connectivity index (χ4n) is 1.22. The lowest BCUT2D eigenvalue weighted by molar-refractivity contribution is -0.122. The van der Waals surface area contributed by atoms with Gasteiger partial charge in [-0.25, -0.2) is 8.42 Å². The highest BCUT2D eigenvalue weighted by Gasteiger charge is 2.33. The van der Waals surface area contributed by atoms with Crippen LogP contribution in [-0.4, -0.2) is 19.9 Å². The van der Waals surface area contributed by atoms with Crippen LogP contribution in [0.4, 0.5) is 0 Å². The number of rotatable bonds is 4. The van der Waals surface area contributed by atoms with Crippen molar-refractivity contribution in [1.29, 1.82) is 0 Å². The van der Waals surface area contributed by atoms with Crippen LogP contribution >= 0.6 is 39.1 Å². The van der Waals surface area contributed by atoms with Crippen molar-refractivity contribution in [3.05, 3.63) is 26.7 Å². The highest BCUT2D eigenvalue weighted by Crippen LogP contribution is 2.33. The van der Waals surface area contributed by atoms with Gasteiger partial charge >= 0.3 is 0 Å². The zero-order chi connectivity index (χ0) is 15.0. The van der Waals surface area contributed by atoms with Gasteiger partial charge in [-0.2, -0.15) is 4.72 Å². The number of hydrogen-bond donors (Lipinski definition) is 2. The molecule has 0 spiro atoms. The minimum absolute atomic E-state index is 0.0628. The van der Waals surface area contributed by atoms with Crippen molar-refractivity contribution in [3.8, 4) is 0 Å². The third kappa shape index (κ3) is 3.82. The van der Waals surface area contributed by atoms with Gasteiger partial charge in [0.25, 0.3) is 0 Å². The molecule has 0 fully saturated rings. The van der Waals surface area contributed by atoms with E-state index in [-0.39, 0.29) is 14.9 Å². The second-order valence-electron chi connectivity index (χ2n) is 4.29. The molecule has 0 unspecified atom stereocenters. The maximum Gasteiger partial charge on any atom is 0.244 e. The van der Waals surface area contributed by atoms with Crippen LogP contribution in [0.5, 0.6) is 0 Å². The molecule has 0 aromatic heterocycles. The van der Waals surface area contributed by atoms with Gasteiger partial charge in [-0.15, -0.1) is 0 Å². The third-order valence-corrected chi connectivity index (χ3v) is 5.27. The first-order chi connectivity index (χ1) is 8.47. The molecule has 0 bridgehead atoms. The standard InChI is InChI=1S/C10H11BrCl2N2O3S/c1-10(2,9(14)16)15-19(17,18)8-6(12)3-5(11)4-7(8)13/h3-4,15H,1-2H3,(H2,14,16). The Hall–Kier alpha value is -0.340. The number of amides is 1. The number of primary amides is 1. The summed E-state index contributed by atoms with van der Waals surface area (Å²) >= 11 is 14.9. The van der Waals surface area contributed by atoms with Gasteiger partial charge < -0.3 is 5.73 Å². The van der Waals surface area contributed by atoms with Crippen molar-refractivity contribution >= 4 is 55.1 Å². The third-order valence-electron chi connectivity index (χ3n) is 2.24. The van der Waals surface area contributed by atoms with E-state index in [1.165, 1.54) is 26.0 Å². The van der Waals surface area contributed by atoms with E-state index in [4.69, 9.17) is 28.9 Å². The van der Waals surface area contributed by atoms with Crippen LogP contribution in [-0.2, 0) is 14.8 Å². The molecule has 0 heterocycles. The summed E-state index contributed by atoms with van der Waals surface area (Å²) < 4.78 is 27.1. The lowest BCUT2D eigenvalue weighted by Crippen LogP contribution is -2.52. The summed E-state index contributed by atoms with van der Waals surface area (Å²) in [5, 5.41) is -0.126. The van der Waals surface area contributed by atoms with Crippen LogP contribution < -0.4 is 10.5 Å². The first kappa shape index (κ1) is 16.7. The second kappa shape index (κ2) is 5.57. The number of benzene rings is 1. The fourth-order valence-corrected chi connectivity index (χ4v) is 4.55. The van der Waals surface area contributed by atoms with Gasteiger partial charge in [-0.05, 0) is 26.0 Å². The molecule has 0 aliphatic rings. The summed E-state index contributed by atoms with van der Waals surface area (Å²) in [4.78, 5) is 10.9. The SMILES string of the molecule is CC(C)(NS(=O)(=O)c1c(Cl)cc(Br)cc1Cl)C(N)=O. The average Bonchev–Trinajstić information content (AvgIpc) is 2.12. The van der Waals surface area contributed by atoms with E-state index < -0.39 is 21.5 Å². The van der Waals surface area contributed by atoms with E-state index in [1.54, 1.807) is 0 Å². The van der Waals surface area contributed by atoms with Crippen LogP contribution in [0.25, 0.3) is 0 Å². The summed E-state index contributed by atoms with van der Waals surface area (Å²) in [5.41, 5.74) is 3.66. The first-order valence-corrected chi connectivity index (χ1v) is 7.99. The van der Waals surface area contributed by atoms with Crippen LogP contribution in [0.1, 0.15) is 13.8 Å². The molecule has 0 aliphatic heterocycles. The molecule has 0 aliphatic carbocycles. The Labute approximate surface area is 129 Å². The normalized spacial score (nSPS) is 12.5. The van der Waals surface area contributed by atoms with E-state index >= 15 is 0 Å². The Morgan fingerprint density at radius 2 is 1.74 bits per heavy atom. The van der Waals surface area contributed by atoms with Gasteiger partial charge in [-0.3, -0.25) is 4.79 Å². The summed E-state index contributed by atoms with van der Waals surface area (Å²) in [6, 6.07) is 2.78. The van der Waals surface area contributed by atoms with Gasteiger partial charge in [0, 0.05) is 4.47 Å². The molecule has 1 rings (SSSR count). The zero-order valence-electron chi connectivity index (χ0n) is 10.00. The number of carbonyl (C=O) groups excluding carboxylic acids is 1. The molecule has 0 saturated heterocycles. The van der Waals surface area contributed by atoms with Crippen molar-refractivity contribution < 1.29 is 13.2 Å². The van der Waals surface area contributed by atoms with Crippen molar-refractivity contribution in [1.82, 2.24) is 4.72 Å². The Kier molecular flexibility index (Phi) is 4.90. The predicted molar refractivity (Wildman–Crippen MR) is 77.8 cm³/mol. The fraction of sp³-hybridized carbons (Fsp3) is 0.300. The minimum atomic E-state index is -4.08. The number of sulfonamides is 1. The van der Waals surface area contributed by atoms with Gasteiger partial charge in [-0.1, -0.05) is 39.1 Å². The lowest BCUT2D eigenvalue weighted by Gasteiger charge is -2.22. The number of nitrogens with two attached hydrogens (primary N) is 1.